The minimum atomic E-state index is 1.26. The predicted octanol–water partition coefficient (Wildman–Crippen LogP) is 7.60. The van der Waals surface area contributed by atoms with Crippen molar-refractivity contribution in [2.24, 2.45) is 0 Å². The van der Waals surface area contributed by atoms with Crippen molar-refractivity contribution >= 4 is 0 Å². The molecule has 0 unspecified atom stereocenters. The summed E-state index contributed by atoms with van der Waals surface area (Å²) in [6.45, 7) is 4.46. The molecule has 0 radical (unpaired) electrons. The molecule has 2 rings (SSSR count). The van der Waals surface area contributed by atoms with Gasteiger partial charge in [0, 0.05) is 0 Å². The van der Waals surface area contributed by atoms with E-state index < -0.39 is 0 Å². The molecule has 0 heteroatoms. The van der Waals surface area contributed by atoms with Crippen LogP contribution < -0.4 is 0 Å². The van der Waals surface area contributed by atoms with Crippen molar-refractivity contribution in [2.45, 2.75) is 84.5 Å². The highest BCUT2D eigenvalue weighted by Crippen LogP contribution is 2.15. The molecule has 0 amide bonds. The van der Waals surface area contributed by atoms with E-state index in [0.29, 0.717) is 0 Å². The molecule has 0 atom stereocenters. The summed E-state index contributed by atoms with van der Waals surface area (Å²) in [5.74, 6) is 0. The lowest BCUT2D eigenvalue weighted by molar-refractivity contribution is 0.558. The highest BCUT2D eigenvalue weighted by molar-refractivity contribution is 5.26. The van der Waals surface area contributed by atoms with Crippen LogP contribution in [-0.4, -0.2) is 0 Å². The Hall–Kier alpha value is -1.56. The van der Waals surface area contributed by atoms with Gasteiger partial charge >= 0.3 is 0 Å². The van der Waals surface area contributed by atoms with Crippen LogP contribution in [0.5, 0.6) is 0 Å². The second kappa shape index (κ2) is 11.9. The summed E-state index contributed by atoms with van der Waals surface area (Å²) in [4.78, 5) is 0. The minimum Gasteiger partial charge on any atom is -0.0620 e. The highest BCUT2D eigenvalue weighted by atomic mass is 14.0. The van der Waals surface area contributed by atoms with Crippen LogP contribution in [0.25, 0.3) is 0 Å². The van der Waals surface area contributed by atoms with E-state index in [9.17, 15) is 0 Å². The molecule has 0 aromatic heterocycles. The van der Waals surface area contributed by atoms with Crippen molar-refractivity contribution in [1.82, 2.24) is 0 Å². The summed E-state index contributed by atoms with van der Waals surface area (Å²) in [7, 11) is 0. The van der Waals surface area contributed by atoms with Gasteiger partial charge < -0.3 is 0 Å². The minimum absolute atomic E-state index is 1.26. The zero-order valence-electron chi connectivity index (χ0n) is 16.4. The molecule has 2 aromatic carbocycles. The van der Waals surface area contributed by atoms with Crippen LogP contribution in [0.2, 0.25) is 0 Å². The van der Waals surface area contributed by atoms with E-state index in [-0.39, 0.29) is 0 Å². The maximum atomic E-state index is 2.28. The van der Waals surface area contributed by atoms with Gasteiger partial charge in [0.25, 0.3) is 0 Å². The molecule has 0 aliphatic heterocycles. The van der Waals surface area contributed by atoms with Gasteiger partial charge in [-0.2, -0.15) is 0 Å². The van der Waals surface area contributed by atoms with Gasteiger partial charge in [-0.15, -0.1) is 0 Å². The lowest BCUT2D eigenvalue weighted by Gasteiger charge is -2.06. The van der Waals surface area contributed by atoms with E-state index in [0.717, 1.165) is 0 Å². The molecule has 25 heavy (non-hydrogen) atoms. The maximum absolute atomic E-state index is 2.28. The Bertz CT molecular complexity index is 543. The Morgan fingerprint density at radius 3 is 1.12 bits per heavy atom. The van der Waals surface area contributed by atoms with E-state index in [1.165, 1.54) is 92.9 Å². The summed E-state index contributed by atoms with van der Waals surface area (Å²) < 4.78 is 0. The predicted molar refractivity (Wildman–Crippen MR) is 111 cm³/mol. The second-order valence-electron chi connectivity index (χ2n) is 7.53. The Kier molecular flexibility index (Phi) is 9.41. The standard InChI is InChI=1S/C25H36/c1-22-16-12-14-20-24(22)18-10-8-6-4-3-5-7-9-11-19-25-21-15-13-17-23(25)2/h12-17,20-21H,3-11,18-19H2,1-2H3. The van der Waals surface area contributed by atoms with Crippen LogP contribution >= 0.6 is 0 Å². The van der Waals surface area contributed by atoms with E-state index in [1.54, 1.807) is 0 Å². The van der Waals surface area contributed by atoms with Gasteiger partial charge in [-0.1, -0.05) is 93.5 Å². The summed E-state index contributed by atoms with van der Waals surface area (Å²) in [5, 5.41) is 0. The van der Waals surface area contributed by atoms with Gasteiger partial charge in [0.1, 0.15) is 0 Å². The largest absolute Gasteiger partial charge is 0.0620 e. The molecule has 0 aliphatic carbocycles. The van der Waals surface area contributed by atoms with Crippen molar-refractivity contribution in [3.63, 3.8) is 0 Å². The van der Waals surface area contributed by atoms with Crippen LogP contribution in [0.15, 0.2) is 48.5 Å². The fourth-order valence-electron chi connectivity index (χ4n) is 3.65. The molecule has 0 aliphatic rings. The zero-order chi connectivity index (χ0) is 17.7. The van der Waals surface area contributed by atoms with Gasteiger partial charge in [-0.05, 0) is 61.8 Å². The molecule has 0 fully saturated rings. The monoisotopic (exact) mass is 336 g/mol. The Morgan fingerprint density at radius 1 is 0.440 bits per heavy atom. The molecule has 0 bridgehead atoms. The zero-order valence-corrected chi connectivity index (χ0v) is 16.4. The summed E-state index contributed by atoms with van der Waals surface area (Å²) in [6.07, 6.45) is 15.1. The summed E-state index contributed by atoms with van der Waals surface area (Å²) in [6, 6.07) is 17.6. The quantitative estimate of drug-likeness (QED) is 0.350. The first-order chi connectivity index (χ1) is 12.3. The second-order valence-corrected chi connectivity index (χ2v) is 7.53. The fourth-order valence-corrected chi connectivity index (χ4v) is 3.65. The average molecular weight is 337 g/mol. The number of aryl methyl sites for hydroxylation is 4. The van der Waals surface area contributed by atoms with E-state index in [1.807, 2.05) is 0 Å². The molecular weight excluding hydrogens is 300 g/mol. The van der Waals surface area contributed by atoms with Crippen molar-refractivity contribution in [2.75, 3.05) is 0 Å². The molecule has 0 spiro atoms. The molecule has 0 saturated carbocycles. The van der Waals surface area contributed by atoms with E-state index in [4.69, 9.17) is 0 Å². The molecule has 0 N–H and O–H groups in total. The SMILES string of the molecule is Cc1ccccc1CCCCCCCCCCCc1ccccc1C. The number of hydrogen-bond donors (Lipinski definition) is 0. The van der Waals surface area contributed by atoms with E-state index >= 15 is 0 Å². The molecule has 136 valence electrons. The number of rotatable bonds is 12. The highest BCUT2D eigenvalue weighted by Gasteiger charge is 1.99. The first kappa shape index (κ1) is 19.8. The molecule has 0 nitrogen and oxygen atoms in total. The van der Waals surface area contributed by atoms with Crippen LogP contribution in [0, 0.1) is 13.8 Å². The first-order valence-corrected chi connectivity index (χ1v) is 10.4. The average Bonchev–Trinajstić information content (AvgIpc) is 2.62. The maximum Gasteiger partial charge on any atom is -0.0276 e. The van der Waals surface area contributed by atoms with Gasteiger partial charge in [-0.3, -0.25) is 0 Å². The summed E-state index contributed by atoms with van der Waals surface area (Å²) >= 11 is 0. The Labute approximate surface area is 155 Å². The van der Waals surface area contributed by atoms with Crippen LogP contribution in [0.1, 0.15) is 80.0 Å². The molecular formula is C25H36. The van der Waals surface area contributed by atoms with Crippen molar-refractivity contribution in [3.05, 3.63) is 70.8 Å². The normalized spacial score (nSPS) is 11.0. The van der Waals surface area contributed by atoms with Crippen LogP contribution in [0.3, 0.4) is 0 Å². The molecule has 2 aromatic rings. The molecule has 0 saturated heterocycles. The van der Waals surface area contributed by atoms with E-state index in [2.05, 4.69) is 62.4 Å². The number of unbranched alkanes of at least 4 members (excludes halogenated alkanes) is 8. The molecule has 0 heterocycles. The van der Waals surface area contributed by atoms with Crippen LogP contribution in [0.4, 0.5) is 0 Å². The lowest BCUT2D eigenvalue weighted by Crippen LogP contribution is -1.90. The number of hydrogen-bond acceptors (Lipinski definition) is 0. The third-order valence-electron chi connectivity index (χ3n) is 5.41. The smallest absolute Gasteiger partial charge is 0.0276 e. The van der Waals surface area contributed by atoms with Crippen molar-refractivity contribution < 1.29 is 0 Å². The topological polar surface area (TPSA) is 0 Å². The van der Waals surface area contributed by atoms with Gasteiger partial charge in [-0.25, -0.2) is 0 Å². The van der Waals surface area contributed by atoms with Crippen molar-refractivity contribution in [3.8, 4) is 0 Å². The fraction of sp³-hybridized carbons (Fsp3) is 0.520. The summed E-state index contributed by atoms with van der Waals surface area (Å²) in [5.41, 5.74) is 5.98. The first-order valence-electron chi connectivity index (χ1n) is 10.4. The Morgan fingerprint density at radius 2 is 0.760 bits per heavy atom. The Balaban J connectivity index is 1.40. The van der Waals surface area contributed by atoms with Crippen molar-refractivity contribution in [1.29, 1.82) is 0 Å². The third kappa shape index (κ3) is 7.90. The third-order valence-corrected chi connectivity index (χ3v) is 5.41. The van der Waals surface area contributed by atoms with Gasteiger partial charge in [0.2, 0.25) is 0 Å². The lowest BCUT2D eigenvalue weighted by atomic mass is 10.00. The van der Waals surface area contributed by atoms with Gasteiger partial charge in [0.05, 0.1) is 0 Å². The van der Waals surface area contributed by atoms with Crippen LogP contribution in [-0.2, 0) is 12.8 Å². The van der Waals surface area contributed by atoms with Gasteiger partial charge in [0.15, 0.2) is 0 Å². The number of benzene rings is 2.